The number of rotatable bonds is 6. The number of benzene rings is 1. The van der Waals surface area contributed by atoms with E-state index in [4.69, 9.17) is 14.2 Å². The van der Waals surface area contributed by atoms with Crippen LogP contribution in [0, 0.1) is 0 Å². The summed E-state index contributed by atoms with van der Waals surface area (Å²) in [5, 5.41) is 10.2. The van der Waals surface area contributed by atoms with Crippen LogP contribution in [0.1, 0.15) is 23.7 Å². The molecule has 0 spiro atoms. The molecule has 1 saturated heterocycles. The maximum absolute atomic E-state index is 10.2. The lowest BCUT2D eigenvalue weighted by Crippen LogP contribution is -2.25. The van der Waals surface area contributed by atoms with Gasteiger partial charge in [-0.2, -0.15) is 0 Å². The van der Waals surface area contributed by atoms with Crippen molar-refractivity contribution in [3.8, 4) is 17.2 Å². The molecule has 0 bridgehead atoms. The lowest BCUT2D eigenvalue weighted by Gasteiger charge is -2.25. The molecule has 0 unspecified atom stereocenters. The van der Waals surface area contributed by atoms with Crippen molar-refractivity contribution in [1.82, 2.24) is 9.88 Å². The van der Waals surface area contributed by atoms with Gasteiger partial charge >= 0.3 is 0 Å². The Morgan fingerprint density at radius 2 is 2.00 bits per heavy atom. The first kappa shape index (κ1) is 17.5. The number of ether oxygens (including phenoxy) is 3. The highest BCUT2D eigenvalue weighted by Gasteiger charge is 2.33. The van der Waals surface area contributed by atoms with E-state index in [1.54, 1.807) is 33.6 Å². The third kappa shape index (κ3) is 3.70. The van der Waals surface area contributed by atoms with E-state index in [2.05, 4.69) is 16.0 Å². The predicted molar refractivity (Wildman–Crippen MR) is 94.1 cm³/mol. The molecule has 0 amide bonds. The lowest BCUT2D eigenvalue weighted by molar-refractivity contribution is 0.171. The Morgan fingerprint density at radius 1 is 1.16 bits per heavy atom. The molecular weight excluding hydrogens is 320 g/mol. The van der Waals surface area contributed by atoms with Crippen LogP contribution < -0.4 is 14.2 Å². The minimum Gasteiger partial charge on any atom is -0.497 e. The second-order valence-electron chi connectivity index (χ2n) is 6.10. The number of β-amino-alcohol motifs (C(OH)–C–C–N with tert-alkyl or cyclic N) is 1. The maximum atomic E-state index is 10.2. The molecule has 1 fully saturated rings. The first-order valence-electron chi connectivity index (χ1n) is 8.28. The average molecular weight is 344 g/mol. The van der Waals surface area contributed by atoms with Gasteiger partial charge in [-0.3, -0.25) is 9.88 Å². The zero-order valence-corrected chi connectivity index (χ0v) is 14.8. The van der Waals surface area contributed by atoms with Crippen molar-refractivity contribution in [2.45, 2.75) is 25.1 Å². The molecule has 3 rings (SSSR count). The number of pyridine rings is 1. The monoisotopic (exact) mass is 344 g/mol. The summed E-state index contributed by atoms with van der Waals surface area (Å²) in [5.41, 5.74) is 1.92. The van der Waals surface area contributed by atoms with Gasteiger partial charge in [0.15, 0.2) is 11.5 Å². The van der Waals surface area contributed by atoms with Gasteiger partial charge in [-0.1, -0.05) is 12.1 Å². The maximum Gasteiger partial charge on any atom is 0.183 e. The van der Waals surface area contributed by atoms with E-state index < -0.39 is 0 Å². The van der Waals surface area contributed by atoms with Gasteiger partial charge in [-0.25, -0.2) is 0 Å². The molecule has 0 radical (unpaired) electrons. The summed E-state index contributed by atoms with van der Waals surface area (Å²) in [6.07, 6.45) is 2.02. The SMILES string of the molecule is COc1cccc([C@@H]2C[C@H](O)CN2Cc2nccc(OC)c2OC)c1. The van der Waals surface area contributed by atoms with Gasteiger partial charge in [0, 0.05) is 31.4 Å². The van der Waals surface area contributed by atoms with Crippen molar-refractivity contribution in [3.05, 3.63) is 47.8 Å². The van der Waals surface area contributed by atoms with E-state index >= 15 is 0 Å². The summed E-state index contributed by atoms with van der Waals surface area (Å²) >= 11 is 0. The third-order valence-electron chi connectivity index (χ3n) is 4.58. The molecule has 1 aliphatic rings. The van der Waals surface area contributed by atoms with Gasteiger partial charge < -0.3 is 19.3 Å². The summed E-state index contributed by atoms with van der Waals surface area (Å²) in [6.45, 7) is 1.16. The molecule has 1 aromatic carbocycles. The van der Waals surface area contributed by atoms with Gasteiger partial charge in [0.1, 0.15) is 11.4 Å². The van der Waals surface area contributed by atoms with E-state index in [1.807, 2.05) is 18.2 Å². The first-order valence-corrected chi connectivity index (χ1v) is 8.28. The number of aliphatic hydroxyl groups is 1. The number of likely N-dealkylation sites (tertiary alicyclic amines) is 1. The van der Waals surface area contributed by atoms with Crippen molar-refractivity contribution in [1.29, 1.82) is 0 Å². The molecule has 1 N–H and O–H groups in total. The smallest absolute Gasteiger partial charge is 0.183 e. The highest BCUT2D eigenvalue weighted by atomic mass is 16.5. The van der Waals surface area contributed by atoms with Crippen molar-refractivity contribution in [2.24, 2.45) is 0 Å². The number of aromatic nitrogens is 1. The van der Waals surface area contributed by atoms with Gasteiger partial charge in [-0.15, -0.1) is 0 Å². The lowest BCUT2D eigenvalue weighted by atomic mass is 10.0. The van der Waals surface area contributed by atoms with Gasteiger partial charge in [-0.05, 0) is 24.1 Å². The number of hydrogen-bond donors (Lipinski definition) is 1. The van der Waals surface area contributed by atoms with Crippen LogP contribution in [0.4, 0.5) is 0 Å². The van der Waals surface area contributed by atoms with Crippen LogP contribution >= 0.6 is 0 Å². The van der Waals surface area contributed by atoms with E-state index in [-0.39, 0.29) is 12.1 Å². The normalized spacial score (nSPS) is 20.5. The fourth-order valence-electron chi connectivity index (χ4n) is 3.41. The molecule has 1 aromatic heterocycles. The van der Waals surface area contributed by atoms with Gasteiger partial charge in [0.25, 0.3) is 0 Å². The molecule has 2 atom stereocenters. The van der Waals surface area contributed by atoms with Crippen molar-refractivity contribution >= 4 is 0 Å². The molecule has 1 aliphatic heterocycles. The number of methoxy groups -OCH3 is 3. The summed E-state index contributed by atoms with van der Waals surface area (Å²) in [5.74, 6) is 2.11. The number of aliphatic hydroxyl groups excluding tert-OH is 1. The Hall–Kier alpha value is -2.31. The van der Waals surface area contributed by atoms with Crippen LogP contribution in [-0.4, -0.2) is 49.0 Å². The van der Waals surface area contributed by atoms with Gasteiger partial charge in [0.2, 0.25) is 0 Å². The van der Waals surface area contributed by atoms with Crippen LogP contribution in [0.5, 0.6) is 17.2 Å². The topological polar surface area (TPSA) is 64.1 Å². The van der Waals surface area contributed by atoms with Crippen LogP contribution in [0.25, 0.3) is 0 Å². The van der Waals surface area contributed by atoms with E-state index in [1.165, 1.54) is 0 Å². The Labute approximate surface area is 148 Å². The van der Waals surface area contributed by atoms with Crippen LogP contribution in [0.2, 0.25) is 0 Å². The Kier molecular flexibility index (Phi) is 5.40. The molecular formula is C19H24N2O4. The minimum atomic E-state index is -0.368. The number of hydrogen-bond acceptors (Lipinski definition) is 6. The molecule has 2 heterocycles. The summed E-state index contributed by atoms with van der Waals surface area (Å²) in [4.78, 5) is 6.67. The summed E-state index contributed by atoms with van der Waals surface area (Å²) in [7, 11) is 4.88. The number of nitrogens with zero attached hydrogens (tertiary/aromatic N) is 2. The zero-order valence-electron chi connectivity index (χ0n) is 14.8. The largest absolute Gasteiger partial charge is 0.497 e. The molecule has 134 valence electrons. The Bertz CT molecular complexity index is 722. The second kappa shape index (κ2) is 7.72. The standard InChI is InChI=1S/C19H24N2O4/c1-23-15-6-4-5-13(9-15)17-10-14(22)11-21(17)12-16-19(25-3)18(24-2)7-8-20-16/h4-9,14,17,22H,10-12H2,1-3H3/t14-,17-/m0/s1. The molecule has 0 aliphatic carbocycles. The van der Waals surface area contributed by atoms with Crippen LogP contribution in [-0.2, 0) is 6.54 Å². The highest BCUT2D eigenvalue weighted by molar-refractivity contribution is 5.42. The summed E-state index contributed by atoms with van der Waals surface area (Å²) < 4.78 is 16.2. The third-order valence-corrected chi connectivity index (χ3v) is 4.58. The fraction of sp³-hybridized carbons (Fsp3) is 0.421. The second-order valence-corrected chi connectivity index (χ2v) is 6.10. The molecule has 0 saturated carbocycles. The van der Waals surface area contributed by atoms with Crippen molar-refractivity contribution in [2.75, 3.05) is 27.9 Å². The van der Waals surface area contributed by atoms with Crippen LogP contribution in [0.3, 0.4) is 0 Å². The van der Waals surface area contributed by atoms with Crippen LogP contribution in [0.15, 0.2) is 36.5 Å². The van der Waals surface area contributed by atoms with E-state index in [0.717, 1.165) is 17.0 Å². The Balaban J connectivity index is 1.88. The van der Waals surface area contributed by atoms with E-state index in [9.17, 15) is 5.11 Å². The fourth-order valence-corrected chi connectivity index (χ4v) is 3.41. The zero-order chi connectivity index (χ0) is 17.8. The minimum absolute atomic E-state index is 0.0998. The molecule has 6 heteroatoms. The van der Waals surface area contributed by atoms with Gasteiger partial charge in [0.05, 0.1) is 27.4 Å². The van der Waals surface area contributed by atoms with Crippen molar-refractivity contribution < 1.29 is 19.3 Å². The quantitative estimate of drug-likeness (QED) is 0.868. The molecule has 2 aromatic rings. The van der Waals surface area contributed by atoms with E-state index in [0.29, 0.717) is 31.0 Å². The highest BCUT2D eigenvalue weighted by Crippen LogP contribution is 2.37. The predicted octanol–water partition coefficient (Wildman–Crippen LogP) is 2.42. The molecule has 25 heavy (non-hydrogen) atoms. The summed E-state index contributed by atoms with van der Waals surface area (Å²) in [6, 6.07) is 9.86. The Morgan fingerprint density at radius 3 is 2.72 bits per heavy atom. The molecule has 6 nitrogen and oxygen atoms in total. The first-order chi connectivity index (χ1) is 12.2. The average Bonchev–Trinajstić information content (AvgIpc) is 3.01. The van der Waals surface area contributed by atoms with Crippen molar-refractivity contribution in [3.63, 3.8) is 0 Å².